The second kappa shape index (κ2) is 8.65. The number of hydrogen-bond donors (Lipinski definition) is 1. The van der Waals surface area contributed by atoms with Crippen molar-refractivity contribution in [2.24, 2.45) is 0 Å². The molecular weight excluding hydrogens is 444 g/mol. The fourth-order valence-electron chi connectivity index (χ4n) is 2.43. The van der Waals surface area contributed by atoms with Crippen LogP contribution in [0.5, 0.6) is 0 Å². The van der Waals surface area contributed by atoms with Gasteiger partial charge in [0.15, 0.2) is 4.32 Å². The molecule has 3 rings (SSSR count). The molecule has 1 fully saturated rings. The van der Waals surface area contributed by atoms with Crippen LogP contribution < -0.4 is 5.43 Å². The number of thioether (sulfide) groups is 1. The van der Waals surface area contributed by atoms with E-state index in [0.717, 1.165) is 27.9 Å². The van der Waals surface area contributed by atoms with E-state index in [1.165, 1.54) is 0 Å². The van der Waals surface area contributed by atoms with Crippen molar-refractivity contribution in [1.82, 2.24) is 10.4 Å². The molecule has 4 nitrogen and oxygen atoms in total. The summed E-state index contributed by atoms with van der Waals surface area (Å²) in [4.78, 5) is 25.6. The highest BCUT2D eigenvalue weighted by Gasteiger charge is 2.33. The van der Waals surface area contributed by atoms with Gasteiger partial charge in [0.05, 0.1) is 10.5 Å². The lowest BCUT2D eigenvalue weighted by atomic mass is 10.1. The largest absolute Gasteiger partial charge is 0.285 e. The highest BCUT2D eigenvalue weighted by Crippen LogP contribution is 2.31. The number of halogens is 1. The Morgan fingerprint density at radius 3 is 2.52 bits per heavy atom. The fourth-order valence-corrected chi connectivity index (χ4v) is 4.13. The fraction of sp³-hybridized carbons (Fsp3) is 0.0500. The van der Waals surface area contributed by atoms with E-state index >= 15 is 0 Å². The summed E-state index contributed by atoms with van der Waals surface area (Å²) < 4.78 is 0.935. The number of carbonyl (C=O) groups is 2. The molecule has 0 radical (unpaired) electrons. The van der Waals surface area contributed by atoms with Gasteiger partial charge in [0.1, 0.15) is 0 Å². The molecule has 2 aromatic carbocycles. The monoisotopic (exact) mass is 458 g/mol. The maximum atomic E-state index is 12.7. The number of thiocarbonyl (C=S) groups is 1. The number of nitrogens with zero attached hydrogens (tertiary/aromatic N) is 1. The van der Waals surface area contributed by atoms with Crippen molar-refractivity contribution < 1.29 is 9.59 Å². The van der Waals surface area contributed by atoms with Crippen molar-refractivity contribution in [2.75, 3.05) is 0 Å². The van der Waals surface area contributed by atoms with E-state index in [0.29, 0.717) is 19.3 Å². The third kappa shape index (κ3) is 4.74. The predicted molar refractivity (Wildman–Crippen MR) is 117 cm³/mol. The molecule has 1 saturated heterocycles. The van der Waals surface area contributed by atoms with Gasteiger partial charge in [-0.3, -0.25) is 15.0 Å². The van der Waals surface area contributed by atoms with Crippen molar-refractivity contribution in [3.8, 4) is 0 Å². The summed E-state index contributed by atoms with van der Waals surface area (Å²) in [5, 5.41) is 1.11. The van der Waals surface area contributed by atoms with Gasteiger partial charge in [-0.05, 0) is 64.4 Å². The van der Waals surface area contributed by atoms with E-state index in [-0.39, 0.29) is 5.91 Å². The molecule has 0 unspecified atom stereocenters. The molecule has 2 aromatic rings. The van der Waals surface area contributed by atoms with Crippen LogP contribution in [0.3, 0.4) is 0 Å². The summed E-state index contributed by atoms with van der Waals surface area (Å²) in [5.41, 5.74) is 4.97. The molecule has 1 N–H and O–H groups in total. The molecule has 0 aliphatic carbocycles. The van der Waals surface area contributed by atoms with Crippen LogP contribution in [-0.4, -0.2) is 21.1 Å². The van der Waals surface area contributed by atoms with E-state index in [9.17, 15) is 9.59 Å². The lowest BCUT2D eigenvalue weighted by Crippen LogP contribution is -2.44. The molecule has 0 atom stereocenters. The van der Waals surface area contributed by atoms with Crippen LogP contribution in [-0.2, 0) is 4.79 Å². The summed E-state index contributed by atoms with van der Waals surface area (Å²) >= 11 is 9.75. The molecule has 27 heavy (non-hydrogen) atoms. The predicted octanol–water partition coefficient (Wildman–Crippen LogP) is 4.94. The van der Waals surface area contributed by atoms with Crippen molar-refractivity contribution >= 4 is 62.1 Å². The zero-order valence-corrected chi connectivity index (χ0v) is 17.5. The number of nitrogens with one attached hydrogen (secondary N) is 1. The SMILES string of the molecule is CC(=Cc1ccccc1)C=C1SC(=S)N(NC(=O)c2ccccc2Br)C1=O. The summed E-state index contributed by atoms with van der Waals surface area (Å²) in [7, 11) is 0. The number of hydrogen-bond acceptors (Lipinski definition) is 4. The standard InChI is InChI=1S/C20H15BrN2O2S2/c1-13(11-14-7-3-2-4-8-14)12-17-19(25)23(20(26)27-17)22-18(24)15-9-5-6-10-16(15)21/h2-12H,1H3,(H,22,24). The Balaban J connectivity index is 1.76. The normalized spacial score (nSPS) is 16.1. The van der Waals surface area contributed by atoms with Gasteiger partial charge in [-0.1, -0.05) is 60.3 Å². The van der Waals surface area contributed by atoms with Crippen LogP contribution >= 0.6 is 39.9 Å². The van der Waals surface area contributed by atoms with Gasteiger partial charge in [-0.25, -0.2) is 0 Å². The van der Waals surface area contributed by atoms with E-state index in [2.05, 4.69) is 21.4 Å². The van der Waals surface area contributed by atoms with Crippen LogP contribution in [0.4, 0.5) is 0 Å². The number of benzene rings is 2. The third-order valence-electron chi connectivity index (χ3n) is 3.68. The quantitative estimate of drug-likeness (QED) is 0.520. The minimum Gasteiger partial charge on any atom is -0.267 e. The maximum Gasteiger partial charge on any atom is 0.285 e. The van der Waals surface area contributed by atoms with Gasteiger partial charge >= 0.3 is 0 Å². The Morgan fingerprint density at radius 2 is 1.81 bits per heavy atom. The number of carbonyl (C=O) groups excluding carboxylic acids is 2. The van der Waals surface area contributed by atoms with Crippen molar-refractivity contribution in [3.63, 3.8) is 0 Å². The van der Waals surface area contributed by atoms with Crippen LogP contribution in [0, 0.1) is 0 Å². The van der Waals surface area contributed by atoms with Crippen LogP contribution in [0.2, 0.25) is 0 Å². The number of hydrazine groups is 1. The Bertz CT molecular complexity index is 971. The molecular formula is C20H15BrN2O2S2. The first-order chi connectivity index (χ1) is 13.0. The molecule has 0 bridgehead atoms. The molecule has 1 aliphatic heterocycles. The lowest BCUT2D eigenvalue weighted by Gasteiger charge is -2.16. The summed E-state index contributed by atoms with van der Waals surface area (Å²) in [5.74, 6) is -0.747. The first kappa shape index (κ1) is 19.5. The molecule has 0 aromatic heterocycles. The topological polar surface area (TPSA) is 49.4 Å². The Morgan fingerprint density at radius 1 is 1.15 bits per heavy atom. The highest BCUT2D eigenvalue weighted by atomic mass is 79.9. The van der Waals surface area contributed by atoms with Crippen LogP contribution in [0.25, 0.3) is 6.08 Å². The van der Waals surface area contributed by atoms with E-state index < -0.39 is 5.91 Å². The molecule has 0 saturated carbocycles. The van der Waals surface area contributed by atoms with Crippen molar-refractivity contribution in [3.05, 3.63) is 86.8 Å². The van der Waals surface area contributed by atoms with E-state index in [1.807, 2.05) is 49.4 Å². The Kier molecular flexibility index (Phi) is 6.26. The van der Waals surface area contributed by atoms with Gasteiger partial charge in [0.25, 0.3) is 11.8 Å². The van der Waals surface area contributed by atoms with Gasteiger partial charge in [-0.2, -0.15) is 5.01 Å². The minimum absolute atomic E-state index is 0.291. The highest BCUT2D eigenvalue weighted by molar-refractivity contribution is 9.10. The Labute approximate surface area is 175 Å². The molecule has 1 aliphatic rings. The van der Waals surface area contributed by atoms with E-state index in [4.69, 9.17) is 12.2 Å². The average molecular weight is 459 g/mol. The Hall–Kier alpha value is -2.22. The van der Waals surface area contributed by atoms with Gasteiger partial charge in [-0.15, -0.1) is 0 Å². The molecule has 7 heteroatoms. The summed E-state index contributed by atoms with van der Waals surface area (Å²) in [6, 6.07) is 16.8. The molecule has 1 heterocycles. The zero-order chi connectivity index (χ0) is 19.4. The summed E-state index contributed by atoms with van der Waals surface area (Å²) in [6.07, 6.45) is 3.75. The third-order valence-corrected chi connectivity index (χ3v) is 5.67. The molecule has 136 valence electrons. The first-order valence-electron chi connectivity index (χ1n) is 8.02. The minimum atomic E-state index is -0.406. The van der Waals surface area contributed by atoms with E-state index in [1.54, 1.807) is 24.3 Å². The summed E-state index contributed by atoms with van der Waals surface area (Å²) in [6.45, 7) is 1.92. The molecule has 2 amide bonds. The number of allylic oxidation sites excluding steroid dienone is 2. The number of rotatable bonds is 4. The smallest absolute Gasteiger partial charge is 0.267 e. The van der Waals surface area contributed by atoms with Crippen molar-refractivity contribution in [2.45, 2.75) is 6.92 Å². The first-order valence-corrected chi connectivity index (χ1v) is 10.0. The van der Waals surface area contributed by atoms with Crippen LogP contribution in [0.15, 0.2) is 75.6 Å². The molecule has 0 spiro atoms. The maximum absolute atomic E-state index is 12.7. The second-order valence-electron chi connectivity index (χ2n) is 5.74. The zero-order valence-electron chi connectivity index (χ0n) is 14.3. The van der Waals surface area contributed by atoms with Crippen LogP contribution in [0.1, 0.15) is 22.8 Å². The van der Waals surface area contributed by atoms with Gasteiger partial charge in [0.2, 0.25) is 0 Å². The van der Waals surface area contributed by atoms with Gasteiger partial charge < -0.3 is 0 Å². The van der Waals surface area contributed by atoms with Crippen molar-refractivity contribution in [1.29, 1.82) is 0 Å². The number of amides is 2. The van der Waals surface area contributed by atoms with Gasteiger partial charge in [0, 0.05) is 4.47 Å². The second-order valence-corrected chi connectivity index (χ2v) is 8.27. The lowest BCUT2D eigenvalue weighted by molar-refractivity contribution is -0.123. The average Bonchev–Trinajstić information content (AvgIpc) is 2.90.